The number of phenolic OH excluding ortho intramolecular Hbond substituents is 2. The number of thioether (sulfide) groups is 1. The number of phenols is 2. The summed E-state index contributed by atoms with van der Waals surface area (Å²) in [7, 11) is 5.35. The summed E-state index contributed by atoms with van der Waals surface area (Å²) in [5.74, 6) is -15.3. The van der Waals surface area contributed by atoms with Gasteiger partial charge in [-0.05, 0) is 101 Å². The van der Waals surface area contributed by atoms with Crippen molar-refractivity contribution in [1.82, 2.24) is 77.4 Å². The standard InChI is InChI=1S/C91H117N17O19S/c1-10-11-26-74(90(126)106(7)51-78(113)97-66(82(93)118)47-81(116)117)107(8)91(127)75(45-57-22-16-13-17-23-57)108(9)89(125)72(43-56-20-14-12-15-21-56)100-80(115)53-128-52-73(83(119)96-49-76(92)111)104-84(120)67(39-54(2)3)101-86(122)69(41-58-27-31-62(109)32-28-58)102-87(123)70(46-61-48-95-65-25-19-18-24-64(61)65)99-79(114)50-105(6)88(124)71(44-59-29-33-63(110)34-30-59)103-85(121)68(98-77(112)40-55(4)5)42-60-35-37-94-38-36-60/h12-25,27-38,48,54-55,66-75,95,109-110H,10-11,26,39-47,49-53H2,1-9H3,(H2,92,111)(H2,93,118)(H,96,119)(H,97,113)(H,98,112)(H,99,114)(H,100,115)(H,101,122)(H,102,123)(H,103,121)(H,104,120)(H,116,117)/t66-,67-,68-,69-,70-,71-,72-,73-,74-,75-/m0/s1. The Hall–Kier alpha value is -13.7. The van der Waals surface area contributed by atoms with Crippen LogP contribution in [0.2, 0.25) is 0 Å². The van der Waals surface area contributed by atoms with Gasteiger partial charge in [0.2, 0.25) is 88.6 Å². The number of aliphatic carboxylic acids is 1. The number of aromatic amines is 1. The van der Waals surface area contributed by atoms with Gasteiger partial charge in [-0.25, -0.2) is 0 Å². The van der Waals surface area contributed by atoms with Gasteiger partial charge in [-0.1, -0.05) is 151 Å². The number of aromatic hydroxyl groups is 2. The number of unbranched alkanes of at least 4 members (excludes halogenated alkanes) is 1. The Morgan fingerprint density at radius 3 is 1.42 bits per heavy atom. The first-order valence-corrected chi connectivity index (χ1v) is 43.2. The number of fused-ring (bicyclic) bond motifs is 1. The van der Waals surface area contributed by atoms with Crippen LogP contribution < -0.4 is 59.3 Å². The van der Waals surface area contributed by atoms with Crippen LogP contribution in [0.4, 0.5) is 0 Å². The van der Waals surface area contributed by atoms with Crippen LogP contribution in [0, 0.1) is 11.8 Å². The van der Waals surface area contributed by atoms with Crippen molar-refractivity contribution < 1.29 is 92.0 Å². The molecule has 0 saturated heterocycles. The zero-order valence-electron chi connectivity index (χ0n) is 73.2. The summed E-state index contributed by atoms with van der Waals surface area (Å²) in [4.78, 5) is 236. The maximum absolute atomic E-state index is 15.3. The number of carbonyl (C=O) groups excluding carboxylic acids is 15. The monoisotopic (exact) mass is 1780 g/mol. The zero-order valence-corrected chi connectivity index (χ0v) is 74.0. The van der Waals surface area contributed by atoms with Crippen LogP contribution >= 0.6 is 11.8 Å². The number of benzene rings is 5. The molecule has 7 rings (SSSR count). The van der Waals surface area contributed by atoms with Gasteiger partial charge in [0.1, 0.15) is 71.9 Å². The Bertz CT molecular complexity index is 4970. The SMILES string of the molecule is CCCC[C@@H](C(=O)N(C)CC(=O)N[C@@H](CC(=O)O)C(N)=O)N(C)C(=O)[C@H](Cc1ccccc1)N(C)C(=O)[C@H](Cc1ccccc1)NC(=O)CSC[C@H](NC(=O)[C@H](CC(C)C)NC(=O)[C@H](Cc1ccc(O)cc1)NC(=O)[C@H](Cc1c[nH]c2ccccc12)NC(=O)CN(C)C(=O)[C@H](Cc1ccc(O)cc1)NC(=O)[C@H](Cc1ccncc1)NC(=O)CC(C)C)C(=O)NCC(N)=O. The average molecular weight is 1790 g/mol. The fourth-order valence-electron chi connectivity index (χ4n) is 14.2. The molecule has 10 atom stereocenters. The first-order chi connectivity index (χ1) is 60.9. The second-order valence-electron chi connectivity index (χ2n) is 32.4. The number of hydrogen-bond donors (Lipinski definition) is 15. The Kier molecular flexibility index (Phi) is 39.9. The normalized spacial score (nSPS) is 13.5. The lowest BCUT2D eigenvalue weighted by molar-refractivity contribution is -0.151. The molecule has 15 amide bonds. The Balaban J connectivity index is 1.12. The number of nitrogens with two attached hydrogens (primary N) is 2. The molecule has 0 fully saturated rings. The third-order valence-electron chi connectivity index (χ3n) is 20.9. The lowest BCUT2D eigenvalue weighted by Crippen LogP contribution is -2.60. The zero-order chi connectivity index (χ0) is 93.8. The van der Waals surface area contributed by atoms with Crippen LogP contribution in [0.1, 0.15) is 107 Å². The number of H-pyrrole nitrogens is 1. The number of carbonyl (C=O) groups is 16. The third kappa shape index (κ3) is 33.0. The molecule has 7 aromatic rings. The minimum absolute atomic E-state index is 0.0187. The molecule has 0 radical (unpaired) electrons. The molecule has 0 aliphatic carbocycles. The van der Waals surface area contributed by atoms with E-state index < -0.39 is 193 Å². The van der Waals surface area contributed by atoms with Crippen molar-refractivity contribution in [3.63, 3.8) is 0 Å². The predicted octanol–water partition coefficient (Wildman–Crippen LogP) is 1.76. The van der Waals surface area contributed by atoms with E-state index in [1.54, 1.807) is 129 Å². The molecule has 0 bridgehead atoms. The lowest BCUT2D eigenvalue weighted by Gasteiger charge is -2.37. The predicted molar refractivity (Wildman–Crippen MR) is 477 cm³/mol. The van der Waals surface area contributed by atoms with Crippen LogP contribution in [0.5, 0.6) is 11.5 Å². The molecule has 0 aliphatic heterocycles. The van der Waals surface area contributed by atoms with Crippen LogP contribution in [0.15, 0.2) is 164 Å². The average Bonchev–Trinajstić information content (AvgIpc) is 1.33. The maximum atomic E-state index is 15.3. The number of carboxylic acids is 1. The number of carboxylic acid groups (broad SMARTS) is 1. The van der Waals surface area contributed by atoms with Crippen LogP contribution in [-0.2, 0) is 115 Å². The molecule has 686 valence electrons. The van der Waals surface area contributed by atoms with E-state index in [2.05, 4.69) is 57.8 Å². The number of amides is 15. The molecule has 37 heteroatoms. The first kappa shape index (κ1) is 101. The van der Waals surface area contributed by atoms with E-state index in [0.29, 0.717) is 57.1 Å². The maximum Gasteiger partial charge on any atom is 0.305 e. The molecule has 17 N–H and O–H groups in total. The molecule has 0 aliphatic rings. The summed E-state index contributed by atoms with van der Waals surface area (Å²) >= 11 is 0.823. The molecule has 5 aromatic carbocycles. The third-order valence-corrected chi connectivity index (χ3v) is 21.9. The molecule has 0 saturated carbocycles. The van der Waals surface area contributed by atoms with Gasteiger partial charge < -0.3 is 99.2 Å². The van der Waals surface area contributed by atoms with Crippen molar-refractivity contribution in [2.24, 2.45) is 23.3 Å². The van der Waals surface area contributed by atoms with Crippen LogP contribution in [0.25, 0.3) is 10.9 Å². The lowest BCUT2D eigenvalue weighted by atomic mass is 9.99. The van der Waals surface area contributed by atoms with E-state index in [9.17, 15) is 72.9 Å². The number of likely N-dealkylation sites (N-methyl/N-ethyl adjacent to an activating group) is 4. The number of nitrogens with zero attached hydrogens (tertiary/aromatic N) is 5. The Morgan fingerprint density at radius 1 is 0.438 bits per heavy atom. The van der Waals surface area contributed by atoms with Crippen molar-refractivity contribution in [3.8, 4) is 11.5 Å². The van der Waals surface area contributed by atoms with E-state index >= 15 is 19.2 Å². The van der Waals surface area contributed by atoms with E-state index in [0.717, 1.165) is 21.6 Å². The summed E-state index contributed by atoms with van der Waals surface area (Å²) in [6.07, 6.45) is 4.13. The molecule has 2 heterocycles. The highest BCUT2D eigenvalue weighted by Gasteiger charge is 2.41. The van der Waals surface area contributed by atoms with E-state index in [1.807, 2.05) is 20.8 Å². The van der Waals surface area contributed by atoms with Gasteiger partial charge in [0.15, 0.2) is 0 Å². The first-order valence-electron chi connectivity index (χ1n) is 42.0. The highest BCUT2D eigenvalue weighted by molar-refractivity contribution is 8.00. The second kappa shape index (κ2) is 50.4. The summed E-state index contributed by atoms with van der Waals surface area (Å²) in [6.45, 7) is 6.97. The van der Waals surface area contributed by atoms with E-state index in [4.69, 9.17) is 11.5 Å². The minimum Gasteiger partial charge on any atom is -0.508 e. The summed E-state index contributed by atoms with van der Waals surface area (Å²) < 4.78 is 0. The second-order valence-corrected chi connectivity index (χ2v) is 33.4. The number of aromatic nitrogens is 2. The van der Waals surface area contributed by atoms with E-state index in [-0.39, 0.29) is 81.1 Å². The van der Waals surface area contributed by atoms with Crippen molar-refractivity contribution in [3.05, 3.63) is 198 Å². The number of pyridine rings is 1. The van der Waals surface area contributed by atoms with Gasteiger partial charge in [-0.2, -0.15) is 0 Å². The highest BCUT2D eigenvalue weighted by Crippen LogP contribution is 2.24. The fraction of sp³-hybridized carbons (Fsp3) is 0.418. The number of rotatable bonds is 51. The molecule has 128 heavy (non-hydrogen) atoms. The van der Waals surface area contributed by atoms with Crippen molar-refractivity contribution >= 4 is 117 Å². The van der Waals surface area contributed by atoms with Gasteiger partial charge in [-0.3, -0.25) is 81.7 Å². The minimum atomic E-state index is -1.59. The van der Waals surface area contributed by atoms with Gasteiger partial charge >= 0.3 is 5.97 Å². The Labute approximate surface area is 746 Å². The van der Waals surface area contributed by atoms with Crippen molar-refractivity contribution in [2.75, 3.05) is 59.3 Å². The molecule has 2 aromatic heterocycles. The molecule has 36 nitrogen and oxygen atoms in total. The summed E-state index contributed by atoms with van der Waals surface area (Å²) in [5.41, 5.74) is 14.8. The smallest absolute Gasteiger partial charge is 0.305 e. The number of nitrogens with one attached hydrogen (secondary N) is 10. The largest absolute Gasteiger partial charge is 0.508 e. The Morgan fingerprint density at radius 2 is 0.883 bits per heavy atom. The van der Waals surface area contributed by atoms with Crippen LogP contribution in [-0.4, -0.2) is 259 Å². The molecule has 0 spiro atoms. The summed E-state index contributed by atoms with van der Waals surface area (Å²) in [6, 6.07) is 25.1. The molecular weight excluding hydrogens is 1670 g/mol. The van der Waals surface area contributed by atoms with Gasteiger partial charge in [-0.15, -0.1) is 11.8 Å². The topological polar surface area (TPSA) is 536 Å². The van der Waals surface area contributed by atoms with Gasteiger partial charge in [0.25, 0.3) is 0 Å². The molecule has 0 unspecified atom stereocenters. The number of para-hydroxylation sites is 1. The highest BCUT2D eigenvalue weighted by atomic mass is 32.2. The fourth-order valence-corrected chi connectivity index (χ4v) is 15.0. The number of primary amides is 2. The summed E-state index contributed by atoms with van der Waals surface area (Å²) in [5, 5.41) is 54.4. The van der Waals surface area contributed by atoms with Crippen molar-refractivity contribution in [2.45, 2.75) is 172 Å². The van der Waals surface area contributed by atoms with E-state index in [1.165, 1.54) is 86.8 Å². The van der Waals surface area contributed by atoms with Gasteiger partial charge in [0.05, 0.1) is 31.8 Å². The number of hydrogen-bond acceptors (Lipinski definition) is 20. The van der Waals surface area contributed by atoms with Crippen LogP contribution in [0.3, 0.4) is 0 Å². The van der Waals surface area contributed by atoms with Crippen molar-refractivity contribution in [1.29, 1.82) is 0 Å². The van der Waals surface area contributed by atoms with Gasteiger partial charge in [0, 0.05) is 108 Å². The quantitative estimate of drug-likeness (QED) is 0.0258. The molecular formula is C91H117N17O19S.